The zero-order chi connectivity index (χ0) is 16.6. The predicted octanol–water partition coefficient (Wildman–Crippen LogP) is 2.97. The summed E-state index contributed by atoms with van der Waals surface area (Å²) in [4.78, 5) is 21.5. The van der Waals surface area contributed by atoms with Crippen molar-refractivity contribution in [1.29, 1.82) is 5.26 Å². The molecule has 0 radical (unpaired) electrons. The fourth-order valence-electron chi connectivity index (χ4n) is 2.49. The Balaban J connectivity index is 2.15. The van der Waals surface area contributed by atoms with Gasteiger partial charge in [-0.2, -0.15) is 5.26 Å². The van der Waals surface area contributed by atoms with Gasteiger partial charge in [0.1, 0.15) is 17.3 Å². The molecule has 0 N–H and O–H groups in total. The van der Waals surface area contributed by atoms with Gasteiger partial charge in [-0.25, -0.2) is 4.98 Å². The number of hydrogen-bond acceptors (Lipinski definition) is 5. The molecule has 1 aliphatic heterocycles. The van der Waals surface area contributed by atoms with Gasteiger partial charge in [0.25, 0.3) is 5.56 Å². The summed E-state index contributed by atoms with van der Waals surface area (Å²) in [7, 11) is 0. The maximum atomic E-state index is 12.5. The van der Waals surface area contributed by atoms with Gasteiger partial charge in [-0.05, 0) is 23.5 Å². The first-order valence-corrected chi connectivity index (χ1v) is 8.55. The standard InChI is InChI=1S/C17H18N4OS/c1-17(2,3)11-5-6-13(19-10-11)14-12(9-18)15(22)21-7-4-8-23-16(21)20-14/h5-6,10H,4,7-8H2,1-3H3. The lowest BCUT2D eigenvalue weighted by molar-refractivity contribution is 0.562. The van der Waals surface area contributed by atoms with E-state index in [0.717, 1.165) is 17.7 Å². The van der Waals surface area contributed by atoms with Crippen LogP contribution in [-0.2, 0) is 12.0 Å². The van der Waals surface area contributed by atoms with E-state index in [2.05, 4.69) is 30.7 Å². The van der Waals surface area contributed by atoms with E-state index in [1.54, 1.807) is 22.5 Å². The maximum Gasteiger partial charge on any atom is 0.272 e. The van der Waals surface area contributed by atoms with Gasteiger partial charge < -0.3 is 0 Å². The van der Waals surface area contributed by atoms with E-state index in [1.165, 1.54) is 0 Å². The zero-order valence-electron chi connectivity index (χ0n) is 13.5. The van der Waals surface area contributed by atoms with E-state index >= 15 is 0 Å². The van der Waals surface area contributed by atoms with E-state index in [4.69, 9.17) is 0 Å². The summed E-state index contributed by atoms with van der Waals surface area (Å²) in [5.74, 6) is 0.939. The van der Waals surface area contributed by atoms with Crippen LogP contribution in [0.3, 0.4) is 0 Å². The van der Waals surface area contributed by atoms with Crippen LogP contribution in [0.1, 0.15) is 38.3 Å². The first kappa shape index (κ1) is 15.8. The number of hydrogen-bond donors (Lipinski definition) is 0. The highest BCUT2D eigenvalue weighted by Crippen LogP contribution is 2.27. The van der Waals surface area contributed by atoms with E-state index in [0.29, 0.717) is 23.1 Å². The average Bonchev–Trinajstić information content (AvgIpc) is 2.54. The molecule has 6 heteroatoms. The number of aromatic nitrogens is 3. The highest BCUT2D eigenvalue weighted by atomic mass is 32.2. The lowest BCUT2D eigenvalue weighted by atomic mass is 9.88. The molecule has 0 atom stereocenters. The van der Waals surface area contributed by atoms with Gasteiger partial charge in [0.15, 0.2) is 5.16 Å². The fourth-order valence-corrected chi connectivity index (χ4v) is 3.43. The van der Waals surface area contributed by atoms with Crippen LogP contribution in [-0.4, -0.2) is 20.3 Å². The molecule has 0 unspecified atom stereocenters. The third-order valence-electron chi connectivity index (χ3n) is 3.88. The van der Waals surface area contributed by atoms with Gasteiger partial charge in [0.2, 0.25) is 0 Å². The zero-order valence-corrected chi connectivity index (χ0v) is 14.3. The topological polar surface area (TPSA) is 71.6 Å². The maximum absolute atomic E-state index is 12.5. The van der Waals surface area contributed by atoms with Crippen molar-refractivity contribution in [2.45, 2.75) is 44.3 Å². The SMILES string of the molecule is CC(C)(C)c1ccc(-c2nc3n(c(=O)c2C#N)CCCS3)nc1. The molecule has 0 fully saturated rings. The minimum Gasteiger partial charge on any atom is -0.286 e. The second-order valence-corrected chi connectivity index (χ2v) is 7.63. The van der Waals surface area contributed by atoms with Gasteiger partial charge in [-0.15, -0.1) is 0 Å². The highest BCUT2D eigenvalue weighted by molar-refractivity contribution is 7.99. The van der Waals surface area contributed by atoms with Crippen molar-refractivity contribution < 1.29 is 0 Å². The molecular weight excluding hydrogens is 308 g/mol. The minimum absolute atomic E-state index is 0.00225. The van der Waals surface area contributed by atoms with Crippen LogP contribution in [0.4, 0.5) is 0 Å². The molecule has 0 saturated heterocycles. The van der Waals surface area contributed by atoms with Crippen LogP contribution in [0.25, 0.3) is 11.4 Å². The predicted molar refractivity (Wildman–Crippen MR) is 90.5 cm³/mol. The van der Waals surface area contributed by atoms with Gasteiger partial charge >= 0.3 is 0 Å². The summed E-state index contributed by atoms with van der Waals surface area (Å²) in [5, 5.41) is 10.1. The molecule has 0 aliphatic carbocycles. The average molecular weight is 326 g/mol. The molecule has 5 nitrogen and oxygen atoms in total. The Hall–Kier alpha value is -2.13. The van der Waals surface area contributed by atoms with Crippen molar-refractivity contribution in [3.05, 3.63) is 39.8 Å². The Morgan fingerprint density at radius 2 is 2.13 bits per heavy atom. The highest BCUT2D eigenvalue weighted by Gasteiger charge is 2.21. The second-order valence-electron chi connectivity index (χ2n) is 6.57. The molecule has 0 bridgehead atoms. The van der Waals surface area contributed by atoms with Crippen LogP contribution in [0.2, 0.25) is 0 Å². The number of nitrogens with zero attached hydrogens (tertiary/aromatic N) is 4. The van der Waals surface area contributed by atoms with E-state index < -0.39 is 0 Å². The van der Waals surface area contributed by atoms with Gasteiger partial charge in [-0.3, -0.25) is 14.3 Å². The summed E-state index contributed by atoms with van der Waals surface area (Å²) in [6, 6.07) is 5.83. The quantitative estimate of drug-likeness (QED) is 0.753. The van der Waals surface area contributed by atoms with Crippen molar-refractivity contribution in [3.8, 4) is 17.5 Å². The summed E-state index contributed by atoms with van der Waals surface area (Å²) < 4.78 is 1.60. The Bertz CT molecular complexity index is 841. The molecule has 3 heterocycles. The van der Waals surface area contributed by atoms with Gasteiger partial charge in [0, 0.05) is 18.5 Å². The van der Waals surface area contributed by atoms with Crippen molar-refractivity contribution >= 4 is 11.8 Å². The van der Waals surface area contributed by atoms with Gasteiger partial charge in [-0.1, -0.05) is 38.6 Å². The molecule has 0 aromatic carbocycles. The van der Waals surface area contributed by atoms with Crippen LogP contribution in [0, 0.1) is 11.3 Å². The number of pyridine rings is 1. The number of fused-ring (bicyclic) bond motifs is 1. The lowest BCUT2D eigenvalue weighted by Crippen LogP contribution is -2.29. The first-order chi connectivity index (χ1) is 10.9. The number of rotatable bonds is 1. The lowest BCUT2D eigenvalue weighted by Gasteiger charge is -2.19. The number of thioether (sulfide) groups is 1. The molecule has 0 saturated carbocycles. The van der Waals surface area contributed by atoms with E-state index in [9.17, 15) is 10.1 Å². The van der Waals surface area contributed by atoms with Crippen molar-refractivity contribution in [1.82, 2.24) is 14.5 Å². The smallest absolute Gasteiger partial charge is 0.272 e. The summed E-state index contributed by atoms with van der Waals surface area (Å²) in [6.07, 6.45) is 2.71. The fraction of sp³-hybridized carbons (Fsp3) is 0.412. The minimum atomic E-state index is -0.263. The monoisotopic (exact) mass is 326 g/mol. The normalized spacial score (nSPS) is 14.2. The van der Waals surface area contributed by atoms with Crippen molar-refractivity contribution in [2.75, 3.05) is 5.75 Å². The third kappa shape index (κ3) is 2.89. The second kappa shape index (κ2) is 5.82. The summed E-state index contributed by atoms with van der Waals surface area (Å²) >= 11 is 1.55. The van der Waals surface area contributed by atoms with E-state index in [1.807, 2.05) is 18.2 Å². The van der Waals surface area contributed by atoms with Crippen molar-refractivity contribution in [2.24, 2.45) is 0 Å². The first-order valence-electron chi connectivity index (χ1n) is 7.56. The summed E-state index contributed by atoms with van der Waals surface area (Å²) in [6.45, 7) is 6.97. The molecular formula is C17H18N4OS. The molecule has 2 aromatic rings. The molecule has 2 aromatic heterocycles. The third-order valence-corrected chi connectivity index (χ3v) is 4.94. The largest absolute Gasteiger partial charge is 0.286 e. The van der Waals surface area contributed by atoms with Gasteiger partial charge in [0.05, 0.1) is 5.69 Å². The Kier molecular flexibility index (Phi) is 3.99. The molecule has 118 valence electrons. The van der Waals surface area contributed by atoms with Crippen LogP contribution >= 0.6 is 11.8 Å². The van der Waals surface area contributed by atoms with E-state index in [-0.39, 0.29) is 16.5 Å². The number of nitriles is 1. The van der Waals surface area contributed by atoms with Crippen LogP contribution < -0.4 is 5.56 Å². The van der Waals surface area contributed by atoms with Crippen LogP contribution in [0.15, 0.2) is 28.3 Å². The van der Waals surface area contributed by atoms with Crippen LogP contribution in [0.5, 0.6) is 0 Å². The molecule has 23 heavy (non-hydrogen) atoms. The Morgan fingerprint density at radius 1 is 1.35 bits per heavy atom. The molecule has 0 spiro atoms. The molecule has 1 aliphatic rings. The van der Waals surface area contributed by atoms with Crippen molar-refractivity contribution in [3.63, 3.8) is 0 Å². The molecule has 0 amide bonds. The Morgan fingerprint density at radius 3 is 2.74 bits per heavy atom. The Labute approximate surface area is 139 Å². The summed E-state index contributed by atoms with van der Waals surface area (Å²) in [5.41, 5.74) is 1.87. The molecule has 3 rings (SSSR count).